The van der Waals surface area contributed by atoms with E-state index < -0.39 is 0 Å². The van der Waals surface area contributed by atoms with Gasteiger partial charge >= 0.3 is 0 Å². The number of amides is 1. The first-order valence-corrected chi connectivity index (χ1v) is 7.17. The molecule has 3 rings (SSSR count). The first kappa shape index (κ1) is 16.0. The molecule has 3 heterocycles. The lowest BCUT2D eigenvalue weighted by Gasteiger charge is -2.37. The van der Waals surface area contributed by atoms with Crippen molar-refractivity contribution in [2.45, 2.75) is 26.3 Å². The van der Waals surface area contributed by atoms with Crippen LogP contribution in [-0.4, -0.2) is 60.0 Å². The maximum atomic E-state index is 11.7. The molecule has 1 aromatic rings. The van der Waals surface area contributed by atoms with Gasteiger partial charge in [-0.15, -0.1) is 12.4 Å². The van der Waals surface area contributed by atoms with Crippen molar-refractivity contribution in [3.63, 3.8) is 0 Å². The fourth-order valence-corrected chi connectivity index (χ4v) is 2.79. The molecular formula is C14H22ClN5O. The number of hydrogen-bond acceptors (Lipinski definition) is 5. The largest absolute Gasteiger partial charge is 0.338 e. The summed E-state index contributed by atoms with van der Waals surface area (Å²) >= 11 is 0. The first-order valence-electron chi connectivity index (χ1n) is 7.17. The van der Waals surface area contributed by atoms with E-state index in [0.717, 1.165) is 43.5 Å². The van der Waals surface area contributed by atoms with Crippen LogP contribution in [0.3, 0.4) is 0 Å². The number of likely N-dealkylation sites (N-methyl/N-ethyl adjacent to an activating group) is 1. The number of hydrogen-bond donors (Lipinski definition) is 0. The third-order valence-corrected chi connectivity index (χ3v) is 4.19. The van der Waals surface area contributed by atoms with Gasteiger partial charge in [0.1, 0.15) is 5.82 Å². The van der Waals surface area contributed by atoms with E-state index >= 15 is 0 Å². The molecular weight excluding hydrogens is 290 g/mol. The third-order valence-electron chi connectivity index (χ3n) is 4.19. The van der Waals surface area contributed by atoms with Gasteiger partial charge in [-0.2, -0.15) is 4.98 Å². The Hall–Kier alpha value is -1.40. The van der Waals surface area contributed by atoms with Crippen molar-refractivity contribution in [2.24, 2.45) is 0 Å². The molecule has 21 heavy (non-hydrogen) atoms. The van der Waals surface area contributed by atoms with E-state index in [4.69, 9.17) is 0 Å². The molecule has 0 atom stereocenters. The Morgan fingerprint density at radius 1 is 1.19 bits per heavy atom. The van der Waals surface area contributed by atoms with Gasteiger partial charge in [0, 0.05) is 51.0 Å². The molecule has 1 aromatic heterocycles. The lowest BCUT2D eigenvalue weighted by atomic mass is 10.2. The van der Waals surface area contributed by atoms with Crippen LogP contribution in [0.5, 0.6) is 0 Å². The number of fused-ring (bicyclic) bond motifs is 1. The van der Waals surface area contributed by atoms with Gasteiger partial charge in [0.25, 0.3) is 0 Å². The molecule has 0 N–H and O–H groups in total. The minimum Gasteiger partial charge on any atom is -0.338 e. The summed E-state index contributed by atoms with van der Waals surface area (Å²) in [5.41, 5.74) is 0.932. The van der Waals surface area contributed by atoms with Crippen LogP contribution < -0.4 is 9.80 Å². The fraction of sp³-hybridized carbons (Fsp3) is 0.643. The summed E-state index contributed by atoms with van der Waals surface area (Å²) in [6.07, 6.45) is 2.22. The van der Waals surface area contributed by atoms with Crippen LogP contribution in [0.25, 0.3) is 0 Å². The lowest BCUT2D eigenvalue weighted by Crippen LogP contribution is -2.49. The van der Waals surface area contributed by atoms with Gasteiger partial charge in [-0.05, 0) is 13.8 Å². The highest BCUT2D eigenvalue weighted by molar-refractivity contribution is 5.99. The summed E-state index contributed by atoms with van der Waals surface area (Å²) in [7, 11) is 1.78. The summed E-state index contributed by atoms with van der Waals surface area (Å²) in [4.78, 5) is 27.0. The van der Waals surface area contributed by atoms with Gasteiger partial charge in [-0.1, -0.05) is 0 Å². The zero-order valence-corrected chi connectivity index (χ0v) is 13.6. The number of carbonyl (C=O) groups excluding carboxylic acids is 1. The van der Waals surface area contributed by atoms with Crippen LogP contribution in [-0.2, 0) is 11.2 Å². The highest BCUT2D eigenvalue weighted by Gasteiger charge is 2.28. The molecule has 6 nitrogen and oxygen atoms in total. The molecule has 0 aromatic carbocycles. The summed E-state index contributed by atoms with van der Waals surface area (Å²) < 4.78 is 0. The Morgan fingerprint density at radius 3 is 2.48 bits per heavy atom. The van der Waals surface area contributed by atoms with Gasteiger partial charge in [0.2, 0.25) is 11.9 Å². The van der Waals surface area contributed by atoms with Gasteiger partial charge in [0.15, 0.2) is 0 Å². The monoisotopic (exact) mass is 311 g/mol. The molecule has 116 valence electrons. The molecule has 0 saturated carbocycles. The van der Waals surface area contributed by atoms with Crippen LogP contribution in [0.15, 0.2) is 6.20 Å². The van der Waals surface area contributed by atoms with E-state index in [1.807, 2.05) is 0 Å². The lowest BCUT2D eigenvalue weighted by molar-refractivity contribution is -0.117. The molecule has 1 fully saturated rings. The highest BCUT2D eigenvalue weighted by atomic mass is 35.5. The van der Waals surface area contributed by atoms with E-state index in [0.29, 0.717) is 12.5 Å². The van der Waals surface area contributed by atoms with Crippen LogP contribution >= 0.6 is 12.4 Å². The molecule has 2 aliphatic heterocycles. The van der Waals surface area contributed by atoms with E-state index in [1.165, 1.54) is 0 Å². The quantitative estimate of drug-likeness (QED) is 0.814. The molecule has 0 spiro atoms. The van der Waals surface area contributed by atoms with E-state index in [1.54, 1.807) is 18.1 Å². The third kappa shape index (κ3) is 2.96. The topological polar surface area (TPSA) is 52.6 Å². The Balaban J connectivity index is 0.00000161. The van der Waals surface area contributed by atoms with E-state index in [2.05, 4.69) is 33.6 Å². The number of halogens is 1. The van der Waals surface area contributed by atoms with Gasteiger partial charge in [0.05, 0.1) is 6.42 Å². The number of rotatable bonds is 2. The fourth-order valence-electron chi connectivity index (χ4n) is 2.79. The van der Waals surface area contributed by atoms with Crippen molar-refractivity contribution in [3.8, 4) is 0 Å². The second-order valence-electron chi connectivity index (χ2n) is 5.77. The maximum absolute atomic E-state index is 11.7. The second kappa shape index (κ2) is 6.15. The Labute approximate surface area is 131 Å². The minimum absolute atomic E-state index is 0. The Morgan fingerprint density at radius 2 is 1.86 bits per heavy atom. The van der Waals surface area contributed by atoms with Crippen LogP contribution in [0, 0.1) is 0 Å². The SMILES string of the molecule is CC(C)N1CCN(c2ncc3c(n2)N(C)C(=O)C3)CC1.Cl. The predicted octanol–water partition coefficient (Wildman–Crippen LogP) is 0.948. The first-order chi connectivity index (χ1) is 9.56. The molecule has 0 aliphatic carbocycles. The summed E-state index contributed by atoms with van der Waals surface area (Å²) in [5.74, 6) is 1.61. The Bertz CT molecular complexity index is 528. The van der Waals surface area contributed by atoms with Gasteiger partial charge < -0.3 is 4.90 Å². The molecule has 2 aliphatic rings. The zero-order chi connectivity index (χ0) is 14.3. The molecule has 0 radical (unpaired) electrons. The number of nitrogens with zero attached hydrogens (tertiary/aromatic N) is 5. The summed E-state index contributed by atoms with van der Waals surface area (Å²) in [5, 5.41) is 0. The minimum atomic E-state index is 0. The number of carbonyl (C=O) groups is 1. The predicted molar refractivity (Wildman–Crippen MR) is 85.3 cm³/mol. The molecule has 1 amide bonds. The normalized spacial score (nSPS) is 19.0. The smallest absolute Gasteiger partial charge is 0.232 e. The number of aromatic nitrogens is 2. The van der Waals surface area contributed by atoms with Crippen molar-refractivity contribution in [1.82, 2.24) is 14.9 Å². The molecule has 0 unspecified atom stereocenters. The van der Waals surface area contributed by atoms with Crippen molar-refractivity contribution in [3.05, 3.63) is 11.8 Å². The molecule has 0 bridgehead atoms. The number of anilines is 2. The zero-order valence-electron chi connectivity index (χ0n) is 12.7. The summed E-state index contributed by atoms with van der Waals surface area (Å²) in [6.45, 7) is 8.40. The van der Waals surface area contributed by atoms with Gasteiger partial charge in [-0.25, -0.2) is 4.98 Å². The van der Waals surface area contributed by atoms with Gasteiger partial charge in [-0.3, -0.25) is 14.6 Å². The van der Waals surface area contributed by atoms with Crippen LogP contribution in [0.1, 0.15) is 19.4 Å². The van der Waals surface area contributed by atoms with Crippen molar-refractivity contribution in [2.75, 3.05) is 43.0 Å². The maximum Gasteiger partial charge on any atom is 0.232 e. The van der Waals surface area contributed by atoms with E-state index in [9.17, 15) is 4.79 Å². The number of piperazine rings is 1. The summed E-state index contributed by atoms with van der Waals surface area (Å²) in [6, 6.07) is 0.585. The van der Waals surface area contributed by atoms with Crippen molar-refractivity contribution in [1.29, 1.82) is 0 Å². The van der Waals surface area contributed by atoms with Crippen molar-refractivity contribution < 1.29 is 4.79 Å². The Kier molecular flexibility index (Phi) is 4.68. The standard InChI is InChI=1S/C14H21N5O.ClH/c1-10(2)18-4-6-19(7-5-18)14-15-9-11-8-12(20)17(3)13(11)16-14;/h9-10H,4-8H2,1-3H3;1H. The second-order valence-corrected chi connectivity index (χ2v) is 5.77. The van der Waals surface area contributed by atoms with Crippen molar-refractivity contribution >= 4 is 30.1 Å². The van der Waals surface area contributed by atoms with Crippen LogP contribution in [0.4, 0.5) is 11.8 Å². The highest BCUT2D eigenvalue weighted by Crippen LogP contribution is 2.26. The average Bonchev–Trinajstić information content (AvgIpc) is 2.74. The van der Waals surface area contributed by atoms with E-state index in [-0.39, 0.29) is 18.3 Å². The average molecular weight is 312 g/mol. The van der Waals surface area contributed by atoms with Crippen LogP contribution in [0.2, 0.25) is 0 Å². The molecule has 7 heteroatoms. The molecule has 1 saturated heterocycles.